The molecule has 0 fully saturated rings. The average molecular weight is 292 g/mol. The van der Waals surface area contributed by atoms with Gasteiger partial charge in [0.2, 0.25) is 0 Å². The summed E-state index contributed by atoms with van der Waals surface area (Å²) in [6, 6.07) is 6.67. The molecule has 5 N–H and O–H groups in total. The minimum atomic E-state index is -0.933. The lowest BCUT2D eigenvalue weighted by atomic mass is 10.1. The Morgan fingerprint density at radius 2 is 1.67 bits per heavy atom. The lowest BCUT2D eigenvalue weighted by Crippen LogP contribution is -2.30. The summed E-state index contributed by atoms with van der Waals surface area (Å²) in [5.41, 5.74) is 0.894. The maximum atomic E-state index is 10.2. The van der Waals surface area contributed by atoms with Crippen LogP contribution in [0.3, 0.4) is 0 Å². The van der Waals surface area contributed by atoms with Gasteiger partial charge in [-0.2, -0.15) is 0 Å². The van der Waals surface area contributed by atoms with Crippen LogP contribution in [0.1, 0.15) is 17.2 Å². The lowest BCUT2D eigenvalue weighted by molar-refractivity contribution is 0.0197. The fourth-order valence-corrected chi connectivity index (χ4v) is 2.47. The number of aliphatic hydroxyl groups is 1. The topological polar surface area (TPSA) is 110 Å². The van der Waals surface area contributed by atoms with Crippen molar-refractivity contribution in [3.8, 4) is 28.7 Å². The number of benzene rings is 2. The second-order valence-electron chi connectivity index (χ2n) is 5.00. The quantitative estimate of drug-likeness (QED) is 0.403. The molecule has 3 rings (SSSR count). The first-order chi connectivity index (χ1) is 9.95. The Morgan fingerprint density at radius 1 is 0.905 bits per heavy atom. The number of hydrogen-bond donors (Lipinski definition) is 5. The van der Waals surface area contributed by atoms with Crippen LogP contribution >= 0.6 is 0 Å². The van der Waals surface area contributed by atoms with E-state index in [1.807, 2.05) is 0 Å². The third kappa shape index (κ3) is 2.30. The number of hydrogen-bond acceptors (Lipinski definition) is 6. The molecule has 0 spiro atoms. The Bertz CT molecular complexity index is 697. The van der Waals surface area contributed by atoms with Crippen LogP contribution in [0.15, 0.2) is 30.3 Å². The number of aliphatic hydroxyl groups excluding tert-OH is 1. The summed E-state index contributed by atoms with van der Waals surface area (Å²) in [5, 5.41) is 48.3. The Balaban J connectivity index is 2.00. The van der Waals surface area contributed by atoms with Gasteiger partial charge in [-0.25, -0.2) is 0 Å². The molecule has 1 aliphatic rings. The van der Waals surface area contributed by atoms with Gasteiger partial charge in [0.15, 0.2) is 11.5 Å². The van der Waals surface area contributed by atoms with Gasteiger partial charge in [0.1, 0.15) is 23.4 Å². The van der Waals surface area contributed by atoms with Gasteiger partial charge >= 0.3 is 0 Å². The third-order valence-electron chi connectivity index (χ3n) is 3.51. The first-order valence-corrected chi connectivity index (χ1v) is 6.37. The van der Waals surface area contributed by atoms with E-state index in [-0.39, 0.29) is 35.2 Å². The molecule has 0 aliphatic carbocycles. The summed E-state index contributed by atoms with van der Waals surface area (Å²) < 4.78 is 5.62. The van der Waals surface area contributed by atoms with Crippen LogP contribution in [0.2, 0.25) is 0 Å². The summed E-state index contributed by atoms with van der Waals surface area (Å²) in [6.07, 6.45) is -1.56. The highest BCUT2D eigenvalue weighted by Crippen LogP contribution is 2.42. The third-order valence-corrected chi connectivity index (χ3v) is 3.51. The molecule has 0 aromatic heterocycles. The molecule has 21 heavy (non-hydrogen) atoms. The number of rotatable bonds is 1. The predicted molar refractivity (Wildman–Crippen MR) is 72.6 cm³/mol. The van der Waals surface area contributed by atoms with Gasteiger partial charge in [-0.1, -0.05) is 6.07 Å². The van der Waals surface area contributed by atoms with E-state index in [0.717, 1.165) is 0 Å². The SMILES string of the molecule is Oc1cc(O)c2c(c1)O[13C@H](c1ccc(O)c(O)c1)[C@H](O)[13CH2]2. The highest BCUT2D eigenvalue weighted by molar-refractivity contribution is 5.52. The van der Waals surface area contributed by atoms with Gasteiger partial charge in [-0.3, -0.25) is 0 Å². The summed E-state index contributed by atoms with van der Waals surface area (Å²) in [5.74, 6) is -0.589. The number of phenols is 4. The highest BCUT2D eigenvalue weighted by Gasteiger charge is 2.32. The molecule has 2 aromatic rings. The van der Waals surface area contributed by atoms with Gasteiger partial charge in [-0.05, 0) is 17.7 Å². The number of aromatic hydroxyl groups is 4. The van der Waals surface area contributed by atoms with Crippen molar-refractivity contribution in [2.75, 3.05) is 0 Å². The molecule has 2 atom stereocenters. The standard InChI is InChI=1S/C15H14O6/c16-8-4-11(18)9-6-13(20)15(21-14(9)5-8)7-1-2-10(17)12(19)3-7/h1-5,13,15-20H,6H2/t13-,15-/m1/s1/i6+1,15+1. The molecule has 0 saturated carbocycles. The normalized spacial score (nSPS) is 20.6. The molecule has 0 radical (unpaired) electrons. The number of phenolic OH excluding ortho intramolecular Hbond substituents is 4. The van der Waals surface area contributed by atoms with Crippen LogP contribution in [0, 0.1) is 0 Å². The Labute approximate surface area is 120 Å². The molecule has 0 saturated heterocycles. The van der Waals surface area contributed by atoms with Crippen molar-refractivity contribution in [3.05, 3.63) is 41.5 Å². The lowest BCUT2D eigenvalue weighted by Gasteiger charge is -2.31. The van der Waals surface area contributed by atoms with Crippen LogP contribution < -0.4 is 4.74 Å². The maximum absolute atomic E-state index is 10.2. The summed E-state index contributed by atoms with van der Waals surface area (Å²) >= 11 is 0. The van der Waals surface area contributed by atoms with Gasteiger partial charge in [0.25, 0.3) is 0 Å². The zero-order valence-electron chi connectivity index (χ0n) is 10.9. The second-order valence-corrected chi connectivity index (χ2v) is 5.00. The second kappa shape index (κ2) is 4.75. The highest BCUT2D eigenvalue weighted by atomic mass is 16.6. The first kappa shape index (κ1) is 13.4. The fraction of sp³-hybridized carbons (Fsp3) is 0.200. The van der Waals surface area contributed by atoms with Crippen LogP contribution in [-0.4, -0.2) is 31.6 Å². The molecule has 1 heterocycles. The van der Waals surface area contributed by atoms with Crippen LogP contribution in [-0.2, 0) is 6.42 Å². The van der Waals surface area contributed by atoms with Crippen molar-refractivity contribution in [3.63, 3.8) is 0 Å². The van der Waals surface area contributed by atoms with E-state index in [1.165, 1.54) is 30.3 Å². The van der Waals surface area contributed by atoms with Gasteiger partial charge in [-0.15, -0.1) is 0 Å². The van der Waals surface area contributed by atoms with Crippen LogP contribution in [0.4, 0.5) is 0 Å². The maximum Gasteiger partial charge on any atom is 0.157 e. The molecule has 0 amide bonds. The van der Waals surface area contributed by atoms with Gasteiger partial charge < -0.3 is 30.3 Å². The Hall–Kier alpha value is -2.60. The number of ether oxygens (including phenoxy) is 1. The fourth-order valence-electron chi connectivity index (χ4n) is 2.47. The molecular weight excluding hydrogens is 278 g/mol. The van der Waals surface area contributed by atoms with Gasteiger partial charge in [0.05, 0.1) is 6.10 Å². The molecule has 6 heteroatoms. The van der Waals surface area contributed by atoms with E-state index in [4.69, 9.17) is 4.74 Å². The van der Waals surface area contributed by atoms with E-state index in [0.29, 0.717) is 11.1 Å². The van der Waals surface area contributed by atoms with Crippen molar-refractivity contribution in [1.82, 2.24) is 0 Å². The summed E-state index contributed by atoms with van der Waals surface area (Å²) in [6.45, 7) is 0. The molecular formula is C15H14O6. The molecule has 0 bridgehead atoms. The first-order valence-electron chi connectivity index (χ1n) is 6.37. The van der Waals surface area contributed by atoms with E-state index in [1.54, 1.807) is 0 Å². The average Bonchev–Trinajstić information content (AvgIpc) is 2.42. The van der Waals surface area contributed by atoms with Crippen molar-refractivity contribution < 1.29 is 30.3 Å². The van der Waals surface area contributed by atoms with E-state index in [9.17, 15) is 25.5 Å². The molecule has 1 aliphatic heterocycles. The molecule has 110 valence electrons. The van der Waals surface area contributed by atoms with E-state index < -0.39 is 12.2 Å². The zero-order chi connectivity index (χ0) is 15.1. The summed E-state index contributed by atoms with van der Waals surface area (Å²) in [7, 11) is 0. The van der Waals surface area contributed by atoms with E-state index in [2.05, 4.69) is 0 Å². The molecule has 2 aromatic carbocycles. The van der Waals surface area contributed by atoms with Crippen molar-refractivity contribution in [1.29, 1.82) is 0 Å². The monoisotopic (exact) mass is 292 g/mol. The van der Waals surface area contributed by atoms with Crippen LogP contribution in [0.25, 0.3) is 0 Å². The minimum Gasteiger partial charge on any atom is -0.508 e. The molecule has 0 unspecified atom stereocenters. The predicted octanol–water partition coefficient (Wildman–Crippen LogP) is 1.55. The zero-order valence-corrected chi connectivity index (χ0v) is 10.9. The van der Waals surface area contributed by atoms with Crippen molar-refractivity contribution in [2.24, 2.45) is 0 Å². The Kier molecular flexibility index (Phi) is 3.03. The number of fused-ring (bicyclic) bond motifs is 1. The van der Waals surface area contributed by atoms with E-state index >= 15 is 0 Å². The van der Waals surface area contributed by atoms with Crippen LogP contribution in [0.5, 0.6) is 28.7 Å². The Morgan fingerprint density at radius 3 is 2.38 bits per heavy atom. The van der Waals surface area contributed by atoms with Crippen molar-refractivity contribution >= 4 is 0 Å². The minimum absolute atomic E-state index is 0.143. The summed E-state index contributed by atoms with van der Waals surface area (Å²) in [4.78, 5) is 0. The van der Waals surface area contributed by atoms with Crippen molar-refractivity contribution in [2.45, 2.75) is 18.6 Å². The largest absolute Gasteiger partial charge is 0.508 e. The van der Waals surface area contributed by atoms with Gasteiger partial charge in [0, 0.05) is 24.1 Å². The smallest absolute Gasteiger partial charge is 0.157 e. The molecule has 6 nitrogen and oxygen atoms in total.